The SMILES string of the molecule is CC1CCCC1N1C(=O)C2(CC2)c2cnc(NC3CCN(S(=O)(=O)N4CC5(CCCN(C(=O)OC(C)(C)C)C5)C4)CC3)nc21. The molecule has 2 aliphatic carbocycles. The smallest absolute Gasteiger partial charge is 0.410 e. The minimum Gasteiger partial charge on any atom is -0.444 e. The van der Waals surface area contributed by atoms with Gasteiger partial charge in [0.25, 0.3) is 10.2 Å². The number of aromatic nitrogens is 2. The molecule has 0 radical (unpaired) electrons. The van der Waals surface area contributed by atoms with Crippen LogP contribution in [0.15, 0.2) is 6.20 Å². The van der Waals surface area contributed by atoms with Crippen LogP contribution in [0.25, 0.3) is 0 Å². The van der Waals surface area contributed by atoms with Gasteiger partial charge in [-0.25, -0.2) is 9.78 Å². The number of carbonyl (C=O) groups excluding carboxylic acids is 2. The number of rotatable bonds is 5. The molecular weight excluding hydrogens is 582 g/mol. The maximum atomic E-state index is 13.5. The summed E-state index contributed by atoms with van der Waals surface area (Å²) in [4.78, 5) is 39.4. The number of anilines is 2. The Kier molecular flexibility index (Phi) is 7.21. The van der Waals surface area contributed by atoms with E-state index in [9.17, 15) is 18.0 Å². The normalized spacial score (nSPS) is 28.8. The quantitative estimate of drug-likeness (QED) is 0.524. The summed E-state index contributed by atoms with van der Waals surface area (Å²) in [6.07, 6.45) is 9.63. The van der Waals surface area contributed by atoms with Gasteiger partial charge in [0.15, 0.2) is 0 Å². The molecule has 2 unspecified atom stereocenters. The summed E-state index contributed by atoms with van der Waals surface area (Å²) in [6.45, 7) is 10.7. The lowest BCUT2D eigenvalue weighted by Crippen LogP contribution is -2.67. The summed E-state index contributed by atoms with van der Waals surface area (Å²) in [5.41, 5.74) is -0.182. The number of amides is 2. The standard InChI is InChI=1S/C31H47N7O5S/c1-21-7-5-8-24(21)38-25-23(31(12-13-31)26(38)39)17-32-27(34-25)33-22-9-15-36(16-10-22)44(41,42)37-19-30(20-37)11-6-14-35(18-30)28(40)43-29(2,3)4/h17,21-22,24H,5-16,18-20H2,1-4H3,(H,32,33,34). The summed E-state index contributed by atoms with van der Waals surface area (Å²) in [5, 5.41) is 3.46. The third-order valence-corrected chi connectivity index (χ3v) is 12.7. The lowest BCUT2D eigenvalue weighted by atomic mass is 9.75. The Morgan fingerprint density at radius 3 is 2.36 bits per heavy atom. The van der Waals surface area contributed by atoms with Crippen molar-refractivity contribution in [2.24, 2.45) is 11.3 Å². The Bertz CT molecular complexity index is 1430. The molecule has 44 heavy (non-hydrogen) atoms. The molecule has 2 spiro atoms. The first-order valence-corrected chi connectivity index (χ1v) is 17.9. The predicted molar refractivity (Wildman–Crippen MR) is 165 cm³/mol. The van der Waals surface area contributed by atoms with Crippen molar-refractivity contribution in [3.63, 3.8) is 0 Å². The molecular formula is C31H47N7O5S. The first kappa shape index (κ1) is 30.2. The van der Waals surface area contributed by atoms with Gasteiger partial charge in [0, 0.05) is 68.5 Å². The van der Waals surface area contributed by atoms with Crippen LogP contribution in [0.3, 0.4) is 0 Å². The van der Waals surface area contributed by atoms with E-state index in [4.69, 9.17) is 9.72 Å². The second kappa shape index (κ2) is 10.5. The van der Waals surface area contributed by atoms with Crippen LogP contribution >= 0.6 is 0 Å². The Morgan fingerprint density at radius 2 is 1.73 bits per heavy atom. The molecule has 12 nitrogen and oxygen atoms in total. The Labute approximate surface area is 261 Å². The highest BCUT2D eigenvalue weighted by Gasteiger charge is 2.62. The van der Waals surface area contributed by atoms with Crippen LogP contribution in [0.1, 0.15) is 91.0 Å². The number of carbonyl (C=O) groups is 2. The molecule has 1 aromatic heterocycles. The summed E-state index contributed by atoms with van der Waals surface area (Å²) < 4.78 is 35.8. The van der Waals surface area contributed by atoms with Crippen LogP contribution in [-0.2, 0) is 25.2 Å². The van der Waals surface area contributed by atoms with E-state index in [1.54, 1.807) is 13.5 Å². The molecule has 1 aromatic rings. The number of ether oxygens (including phenoxy) is 1. The van der Waals surface area contributed by atoms with E-state index in [0.717, 1.165) is 56.3 Å². The maximum Gasteiger partial charge on any atom is 0.410 e. The highest BCUT2D eigenvalue weighted by atomic mass is 32.2. The Morgan fingerprint density at radius 1 is 1.00 bits per heavy atom. The molecule has 7 rings (SSSR count). The number of nitrogens with zero attached hydrogens (tertiary/aromatic N) is 6. The molecule has 1 N–H and O–H groups in total. The zero-order valence-electron chi connectivity index (χ0n) is 26.5. The third kappa shape index (κ3) is 5.16. The monoisotopic (exact) mass is 629 g/mol. The Balaban J connectivity index is 0.951. The second-order valence-corrected chi connectivity index (χ2v) is 17.2. The molecule has 5 fully saturated rings. The average Bonchev–Trinajstić information content (AvgIpc) is 3.60. The van der Waals surface area contributed by atoms with Crippen molar-refractivity contribution >= 4 is 34.0 Å². The van der Waals surface area contributed by atoms with Gasteiger partial charge in [-0.2, -0.15) is 22.0 Å². The molecule has 6 aliphatic rings. The highest BCUT2D eigenvalue weighted by molar-refractivity contribution is 7.86. The van der Waals surface area contributed by atoms with Crippen LogP contribution in [0.4, 0.5) is 16.6 Å². The van der Waals surface area contributed by atoms with Crippen LogP contribution in [0.2, 0.25) is 0 Å². The predicted octanol–water partition coefficient (Wildman–Crippen LogP) is 3.50. The molecule has 0 bridgehead atoms. The van der Waals surface area contributed by atoms with E-state index in [-0.39, 0.29) is 29.5 Å². The van der Waals surface area contributed by atoms with Crippen molar-refractivity contribution in [3.8, 4) is 0 Å². The van der Waals surface area contributed by atoms with Gasteiger partial charge in [0.05, 0.1) is 5.41 Å². The number of likely N-dealkylation sites (tertiary alicyclic amines) is 1. The minimum atomic E-state index is -3.58. The van der Waals surface area contributed by atoms with Gasteiger partial charge >= 0.3 is 6.09 Å². The zero-order valence-corrected chi connectivity index (χ0v) is 27.4. The Hall–Kier alpha value is -2.51. The molecule has 5 heterocycles. The van der Waals surface area contributed by atoms with E-state index in [1.807, 2.05) is 31.9 Å². The van der Waals surface area contributed by atoms with Crippen molar-refractivity contribution in [1.29, 1.82) is 0 Å². The van der Waals surface area contributed by atoms with E-state index in [0.29, 0.717) is 64.0 Å². The van der Waals surface area contributed by atoms with Crippen molar-refractivity contribution in [2.75, 3.05) is 49.5 Å². The fourth-order valence-electron chi connectivity index (χ4n) is 8.22. The van der Waals surface area contributed by atoms with Gasteiger partial charge in [-0.1, -0.05) is 13.3 Å². The molecule has 2 atom stereocenters. The molecule has 2 saturated carbocycles. The van der Waals surface area contributed by atoms with Crippen molar-refractivity contribution in [1.82, 2.24) is 23.5 Å². The van der Waals surface area contributed by atoms with Gasteiger partial charge in [-0.15, -0.1) is 0 Å². The van der Waals surface area contributed by atoms with Gasteiger partial charge < -0.3 is 15.0 Å². The topological polar surface area (TPSA) is 128 Å². The molecule has 2 amide bonds. The lowest BCUT2D eigenvalue weighted by molar-refractivity contribution is -0.120. The summed E-state index contributed by atoms with van der Waals surface area (Å²) in [5.74, 6) is 1.96. The first-order chi connectivity index (χ1) is 20.8. The van der Waals surface area contributed by atoms with Crippen LogP contribution in [0, 0.1) is 11.3 Å². The summed E-state index contributed by atoms with van der Waals surface area (Å²) in [7, 11) is -3.58. The van der Waals surface area contributed by atoms with Gasteiger partial charge in [-0.05, 0) is 78.1 Å². The van der Waals surface area contributed by atoms with E-state index in [2.05, 4.69) is 17.2 Å². The number of hydrogen-bond acceptors (Lipinski definition) is 8. The second-order valence-electron chi connectivity index (χ2n) is 15.3. The van der Waals surface area contributed by atoms with Crippen molar-refractivity contribution in [3.05, 3.63) is 11.8 Å². The lowest BCUT2D eigenvalue weighted by Gasteiger charge is -2.54. The molecule has 4 aliphatic heterocycles. The van der Waals surface area contributed by atoms with Crippen molar-refractivity contribution < 1.29 is 22.7 Å². The highest BCUT2D eigenvalue weighted by Crippen LogP contribution is 2.58. The van der Waals surface area contributed by atoms with Crippen LogP contribution in [0.5, 0.6) is 0 Å². The van der Waals surface area contributed by atoms with E-state index in [1.165, 1.54) is 0 Å². The first-order valence-electron chi connectivity index (χ1n) is 16.5. The van der Waals surface area contributed by atoms with Gasteiger partial charge in [-0.3, -0.25) is 9.69 Å². The van der Waals surface area contributed by atoms with E-state index < -0.39 is 21.2 Å². The van der Waals surface area contributed by atoms with Gasteiger partial charge in [0.1, 0.15) is 11.4 Å². The number of hydrogen-bond donors (Lipinski definition) is 1. The minimum absolute atomic E-state index is 0.0498. The molecule has 3 saturated heterocycles. The summed E-state index contributed by atoms with van der Waals surface area (Å²) in [6, 6.07) is 0.251. The van der Waals surface area contributed by atoms with Gasteiger partial charge in [0.2, 0.25) is 11.9 Å². The number of fused-ring (bicyclic) bond motifs is 2. The number of nitrogens with one attached hydrogen (secondary N) is 1. The number of piperidine rings is 2. The fraction of sp³-hybridized carbons (Fsp3) is 0.806. The van der Waals surface area contributed by atoms with E-state index >= 15 is 0 Å². The van der Waals surface area contributed by atoms with Crippen LogP contribution < -0.4 is 10.2 Å². The molecule has 0 aromatic carbocycles. The average molecular weight is 630 g/mol. The maximum absolute atomic E-state index is 13.5. The fourth-order valence-corrected chi connectivity index (χ4v) is 10.1. The summed E-state index contributed by atoms with van der Waals surface area (Å²) >= 11 is 0. The molecule has 13 heteroatoms. The van der Waals surface area contributed by atoms with Crippen molar-refractivity contribution in [2.45, 2.75) is 109 Å². The zero-order chi connectivity index (χ0) is 31.1. The van der Waals surface area contributed by atoms with Crippen LogP contribution in [-0.4, -0.2) is 101 Å². The third-order valence-electron chi connectivity index (χ3n) is 10.8. The largest absolute Gasteiger partial charge is 0.444 e. The molecule has 242 valence electrons.